The Morgan fingerprint density at radius 3 is 1.97 bits per heavy atom. The maximum Gasteiger partial charge on any atom is 0.326 e. The summed E-state index contributed by atoms with van der Waals surface area (Å²) < 4.78 is 0. The Kier molecular flexibility index (Phi) is 13.0. The first-order valence-electron chi connectivity index (χ1n) is 11.5. The van der Waals surface area contributed by atoms with Crippen molar-refractivity contribution in [2.45, 2.75) is 69.6 Å². The van der Waals surface area contributed by atoms with E-state index in [0.717, 1.165) is 5.56 Å². The predicted octanol–water partition coefficient (Wildman–Crippen LogP) is -1.49. The minimum atomic E-state index is -1.25. The second kappa shape index (κ2) is 15.4. The first-order chi connectivity index (χ1) is 16.5. The average Bonchev–Trinajstić information content (AvgIpc) is 2.80. The number of amides is 4. The average molecular weight is 493 g/mol. The van der Waals surface area contributed by atoms with Crippen LogP contribution in [0.2, 0.25) is 0 Å². The molecule has 0 radical (unpaired) electrons. The number of carbonyl (C=O) groups is 5. The lowest BCUT2D eigenvalue weighted by atomic mass is 10.0. The number of rotatable bonds is 16. The summed E-state index contributed by atoms with van der Waals surface area (Å²) in [7, 11) is 0. The fourth-order valence-corrected chi connectivity index (χ4v) is 3.21. The van der Waals surface area contributed by atoms with Crippen LogP contribution >= 0.6 is 0 Å². The lowest BCUT2D eigenvalue weighted by Crippen LogP contribution is -2.57. The number of aliphatic carboxylic acids is 1. The number of hydrogen-bond donors (Lipinski definition) is 7. The van der Waals surface area contributed by atoms with E-state index in [1.165, 1.54) is 6.92 Å². The molecule has 194 valence electrons. The van der Waals surface area contributed by atoms with E-state index in [-0.39, 0.29) is 25.7 Å². The van der Waals surface area contributed by atoms with Crippen molar-refractivity contribution in [1.29, 1.82) is 0 Å². The van der Waals surface area contributed by atoms with E-state index in [1.807, 2.05) is 0 Å². The fraction of sp³-hybridized carbons (Fsp3) is 0.522. The van der Waals surface area contributed by atoms with Crippen molar-refractivity contribution in [2.24, 2.45) is 17.2 Å². The summed E-state index contributed by atoms with van der Waals surface area (Å²) in [6, 6.07) is 4.50. The molecule has 10 N–H and O–H groups in total. The molecule has 1 rings (SSSR count). The summed E-state index contributed by atoms with van der Waals surface area (Å²) in [4.78, 5) is 61.1. The van der Waals surface area contributed by atoms with Crippen LogP contribution in [0.4, 0.5) is 0 Å². The van der Waals surface area contributed by atoms with Gasteiger partial charge >= 0.3 is 5.97 Å². The van der Waals surface area contributed by atoms with Crippen LogP contribution in [0.5, 0.6) is 0 Å². The van der Waals surface area contributed by atoms with Crippen molar-refractivity contribution in [1.82, 2.24) is 16.0 Å². The standard InChI is InChI=1S/C23H36N6O6/c1-14(25)20(31)29-18(13-15-7-3-2-4-8-15)22(33)27-16(10-11-19(26)30)21(32)28-17(23(34)35)9-5-6-12-24/h2-4,7-8,14,16-18H,5-6,9-13,24-25H2,1H3,(H2,26,30)(H,27,33)(H,28,32)(H,29,31)(H,34,35)/t14-,16-,17-,18-/m0/s1. The molecule has 0 aliphatic carbocycles. The highest BCUT2D eigenvalue weighted by molar-refractivity contribution is 5.94. The smallest absolute Gasteiger partial charge is 0.326 e. The van der Waals surface area contributed by atoms with Crippen molar-refractivity contribution in [2.75, 3.05) is 6.54 Å². The van der Waals surface area contributed by atoms with E-state index >= 15 is 0 Å². The van der Waals surface area contributed by atoms with Crippen molar-refractivity contribution in [3.8, 4) is 0 Å². The quantitative estimate of drug-likeness (QED) is 0.134. The van der Waals surface area contributed by atoms with Crippen LogP contribution in [-0.2, 0) is 30.4 Å². The number of nitrogens with two attached hydrogens (primary N) is 3. The van der Waals surface area contributed by atoms with Crippen LogP contribution < -0.4 is 33.2 Å². The Hall–Kier alpha value is -3.51. The number of nitrogens with one attached hydrogen (secondary N) is 3. The van der Waals surface area contributed by atoms with Crippen LogP contribution in [0.25, 0.3) is 0 Å². The molecular formula is C23H36N6O6. The Labute approximate surface area is 204 Å². The SMILES string of the molecule is C[C@H](N)C(=O)N[C@@H](Cc1ccccc1)C(=O)N[C@@H](CCC(N)=O)C(=O)N[C@@H](CCCCN)C(=O)O. The summed E-state index contributed by atoms with van der Waals surface area (Å²) in [6.07, 6.45) is 0.957. The molecule has 0 unspecified atom stereocenters. The lowest BCUT2D eigenvalue weighted by Gasteiger charge is -2.25. The van der Waals surface area contributed by atoms with E-state index in [9.17, 15) is 29.1 Å². The maximum absolute atomic E-state index is 13.1. The number of unbranched alkanes of at least 4 members (excludes halogenated alkanes) is 1. The third-order valence-corrected chi connectivity index (χ3v) is 5.20. The van der Waals surface area contributed by atoms with Crippen LogP contribution in [0.3, 0.4) is 0 Å². The van der Waals surface area contributed by atoms with Gasteiger partial charge in [0.1, 0.15) is 18.1 Å². The molecule has 0 aliphatic rings. The van der Waals surface area contributed by atoms with Gasteiger partial charge in [-0.2, -0.15) is 0 Å². The third-order valence-electron chi connectivity index (χ3n) is 5.20. The minimum absolute atomic E-state index is 0.117. The number of carboxylic acid groups (broad SMARTS) is 1. The van der Waals surface area contributed by atoms with Gasteiger partial charge < -0.3 is 38.3 Å². The summed E-state index contributed by atoms with van der Waals surface area (Å²) in [5, 5.41) is 16.9. The van der Waals surface area contributed by atoms with Gasteiger partial charge in [-0.15, -0.1) is 0 Å². The molecule has 0 aromatic heterocycles. The fourth-order valence-electron chi connectivity index (χ4n) is 3.21. The predicted molar refractivity (Wildman–Crippen MR) is 129 cm³/mol. The van der Waals surface area contributed by atoms with E-state index in [0.29, 0.717) is 19.4 Å². The van der Waals surface area contributed by atoms with Crippen LogP contribution in [-0.4, -0.2) is 65.4 Å². The highest BCUT2D eigenvalue weighted by Crippen LogP contribution is 2.07. The Morgan fingerprint density at radius 2 is 1.43 bits per heavy atom. The number of carbonyl (C=O) groups excluding carboxylic acids is 4. The van der Waals surface area contributed by atoms with E-state index < -0.39 is 53.8 Å². The number of carboxylic acids is 1. The molecule has 12 nitrogen and oxygen atoms in total. The molecule has 1 aromatic carbocycles. The van der Waals surface area contributed by atoms with Gasteiger partial charge in [-0.3, -0.25) is 19.2 Å². The number of hydrogen-bond acceptors (Lipinski definition) is 7. The molecule has 0 spiro atoms. The Morgan fingerprint density at radius 1 is 0.857 bits per heavy atom. The lowest BCUT2D eigenvalue weighted by molar-refractivity contribution is -0.142. The van der Waals surface area contributed by atoms with Gasteiger partial charge in [0, 0.05) is 12.8 Å². The molecule has 35 heavy (non-hydrogen) atoms. The zero-order chi connectivity index (χ0) is 26.4. The van der Waals surface area contributed by atoms with Crippen molar-refractivity contribution in [3.63, 3.8) is 0 Å². The molecule has 1 aromatic rings. The molecule has 12 heteroatoms. The van der Waals surface area contributed by atoms with Gasteiger partial charge in [-0.05, 0) is 44.7 Å². The second-order valence-electron chi connectivity index (χ2n) is 8.29. The molecule has 4 atom stereocenters. The molecule has 0 aliphatic heterocycles. The zero-order valence-electron chi connectivity index (χ0n) is 19.9. The molecule has 0 bridgehead atoms. The largest absolute Gasteiger partial charge is 0.480 e. The molecule has 0 saturated heterocycles. The molecule has 0 heterocycles. The monoisotopic (exact) mass is 492 g/mol. The van der Waals surface area contributed by atoms with Crippen LogP contribution in [0.15, 0.2) is 30.3 Å². The maximum atomic E-state index is 13.1. The van der Waals surface area contributed by atoms with Gasteiger partial charge in [0.05, 0.1) is 6.04 Å². The first-order valence-corrected chi connectivity index (χ1v) is 11.5. The number of benzene rings is 1. The van der Waals surface area contributed by atoms with E-state index in [4.69, 9.17) is 17.2 Å². The van der Waals surface area contributed by atoms with E-state index in [1.54, 1.807) is 30.3 Å². The summed E-state index contributed by atoms with van der Waals surface area (Å²) >= 11 is 0. The number of primary amides is 1. The summed E-state index contributed by atoms with van der Waals surface area (Å²) in [5.74, 6) is -3.97. The van der Waals surface area contributed by atoms with E-state index in [2.05, 4.69) is 16.0 Å². The third kappa shape index (κ3) is 11.5. The zero-order valence-corrected chi connectivity index (χ0v) is 19.9. The molecule has 0 fully saturated rings. The van der Waals surface area contributed by atoms with Crippen molar-refractivity contribution in [3.05, 3.63) is 35.9 Å². The first kappa shape index (κ1) is 29.5. The Balaban J connectivity index is 3.04. The summed E-state index contributed by atoms with van der Waals surface area (Å²) in [5.41, 5.74) is 17.0. The van der Waals surface area contributed by atoms with Crippen LogP contribution in [0, 0.1) is 0 Å². The summed E-state index contributed by atoms with van der Waals surface area (Å²) in [6.45, 7) is 1.85. The molecule has 4 amide bonds. The molecular weight excluding hydrogens is 456 g/mol. The normalized spacial score (nSPS) is 14.1. The van der Waals surface area contributed by atoms with Gasteiger partial charge in [-0.25, -0.2) is 4.79 Å². The molecule has 0 saturated carbocycles. The highest BCUT2D eigenvalue weighted by atomic mass is 16.4. The van der Waals surface area contributed by atoms with Gasteiger partial charge in [0.15, 0.2) is 0 Å². The van der Waals surface area contributed by atoms with Gasteiger partial charge in [0.25, 0.3) is 0 Å². The second-order valence-corrected chi connectivity index (χ2v) is 8.29. The topological polar surface area (TPSA) is 220 Å². The van der Waals surface area contributed by atoms with Gasteiger partial charge in [0.2, 0.25) is 23.6 Å². The Bertz CT molecular complexity index is 863. The minimum Gasteiger partial charge on any atom is -0.480 e. The van der Waals surface area contributed by atoms with Crippen molar-refractivity contribution >= 4 is 29.6 Å². The van der Waals surface area contributed by atoms with Gasteiger partial charge in [-0.1, -0.05) is 30.3 Å². The highest BCUT2D eigenvalue weighted by Gasteiger charge is 2.30. The van der Waals surface area contributed by atoms with Crippen LogP contribution in [0.1, 0.15) is 44.6 Å². The van der Waals surface area contributed by atoms with Crippen molar-refractivity contribution < 1.29 is 29.1 Å².